The number of hydrogen-bond donors (Lipinski definition) is 0. The number of nitrogens with zero attached hydrogens (tertiary/aromatic N) is 3. The average molecular weight is 408 g/mol. The van der Waals surface area contributed by atoms with Crippen molar-refractivity contribution in [3.63, 3.8) is 0 Å². The molecular weight excluding hydrogens is 393 g/mol. The van der Waals surface area contributed by atoms with Gasteiger partial charge < -0.3 is 9.30 Å². The topological polar surface area (TPSA) is 39.9 Å². The Kier molecular flexibility index (Phi) is 5.52. The first-order valence-corrected chi connectivity index (χ1v) is 9.08. The third-order valence-corrected chi connectivity index (χ3v) is 4.86. The average Bonchev–Trinajstić information content (AvgIpc) is 2.94. The van der Waals surface area contributed by atoms with E-state index in [1.165, 1.54) is 17.8 Å². The van der Waals surface area contributed by atoms with Crippen molar-refractivity contribution in [1.29, 1.82) is 0 Å². The molecule has 4 nitrogen and oxygen atoms in total. The van der Waals surface area contributed by atoms with Crippen LogP contribution in [-0.4, -0.2) is 27.1 Å². The Bertz CT molecular complexity index is 823. The van der Waals surface area contributed by atoms with Gasteiger partial charge in [-0.25, -0.2) is 4.39 Å². The van der Waals surface area contributed by atoms with E-state index in [-0.39, 0.29) is 5.82 Å². The largest absolute Gasteiger partial charge is 0.493 e. The molecule has 0 spiro atoms. The van der Waals surface area contributed by atoms with Gasteiger partial charge in [0.25, 0.3) is 0 Å². The van der Waals surface area contributed by atoms with Crippen molar-refractivity contribution in [1.82, 2.24) is 14.8 Å². The summed E-state index contributed by atoms with van der Waals surface area (Å²) in [5.74, 6) is 1.76. The minimum absolute atomic E-state index is 0.303. The zero-order valence-electron chi connectivity index (χ0n) is 12.9. The molecule has 0 N–H and O–H groups in total. The van der Waals surface area contributed by atoms with Gasteiger partial charge in [-0.2, -0.15) is 0 Å². The summed E-state index contributed by atoms with van der Waals surface area (Å²) < 4.78 is 22.4. The summed E-state index contributed by atoms with van der Waals surface area (Å²) in [5.41, 5.74) is 0.450. The van der Waals surface area contributed by atoms with Gasteiger partial charge in [-0.05, 0) is 36.4 Å². The second kappa shape index (κ2) is 7.81. The van der Waals surface area contributed by atoms with Crippen molar-refractivity contribution in [2.24, 2.45) is 7.05 Å². The van der Waals surface area contributed by atoms with Gasteiger partial charge in [-0.3, -0.25) is 0 Å². The summed E-state index contributed by atoms with van der Waals surface area (Å²) in [6.07, 6.45) is 0. The van der Waals surface area contributed by atoms with Crippen LogP contribution in [0.2, 0.25) is 0 Å². The number of ether oxygens (including phenoxy) is 1. The minimum atomic E-state index is -0.303. The van der Waals surface area contributed by atoms with Crippen LogP contribution < -0.4 is 4.74 Å². The lowest BCUT2D eigenvalue weighted by molar-refractivity contribution is 0.344. The molecule has 1 aromatic heterocycles. The Labute approximate surface area is 152 Å². The van der Waals surface area contributed by atoms with E-state index in [2.05, 4.69) is 26.1 Å². The molecule has 3 rings (SSSR count). The van der Waals surface area contributed by atoms with E-state index in [9.17, 15) is 4.39 Å². The molecule has 0 saturated carbocycles. The molecule has 7 heteroatoms. The van der Waals surface area contributed by atoms with Gasteiger partial charge in [0.05, 0.1) is 12.2 Å². The SMILES string of the molecule is Cn1c(SCCOc2ccc(Br)cc2)nnc1-c1ccccc1F. The molecule has 3 aromatic rings. The summed E-state index contributed by atoms with van der Waals surface area (Å²) in [4.78, 5) is 0. The maximum Gasteiger partial charge on any atom is 0.191 e. The van der Waals surface area contributed by atoms with Crippen molar-refractivity contribution in [3.05, 3.63) is 58.8 Å². The van der Waals surface area contributed by atoms with E-state index in [0.29, 0.717) is 18.0 Å². The number of thioether (sulfide) groups is 1. The first-order valence-electron chi connectivity index (χ1n) is 7.30. The second-order valence-electron chi connectivity index (χ2n) is 5.00. The molecule has 0 aliphatic carbocycles. The van der Waals surface area contributed by atoms with Gasteiger partial charge in [0, 0.05) is 17.3 Å². The molecule has 1 heterocycles. The zero-order chi connectivity index (χ0) is 16.9. The number of aromatic nitrogens is 3. The van der Waals surface area contributed by atoms with E-state index < -0.39 is 0 Å². The maximum absolute atomic E-state index is 13.9. The van der Waals surface area contributed by atoms with E-state index in [1.54, 1.807) is 22.8 Å². The molecule has 0 atom stereocenters. The lowest BCUT2D eigenvalue weighted by Gasteiger charge is -2.06. The van der Waals surface area contributed by atoms with Crippen molar-refractivity contribution in [3.8, 4) is 17.1 Å². The fraction of sp³-hybridized carbons (Fsp3) is 0.176. The van der Waals surface area contributed by atoms with Crippen LogP contribution in [0.3, 0.4) is 0 Å². The van der Waals surface area contributed by atoms with Crippen molar-refractivity contribution in [2.45, 2.75) is 5.16 Å². The third-order valence-electron chi connectivity index (χ3n) is 3.35. The Morgan fingerprint density at radius 1 is 1.12 bits per heavy atom. The third kappa shape index (κ3) is 3.96. The summed E-state index contributed by atoms with van der Waals surface area (Å²) in [5, 5.41) is 8.97. The number of hydrogen-bond acceptors (Lipinski definition) is 4. The lowest BCUT2D eigenvalue weighted by atomic mass is 10.2. The fourth-order valence-electron chi connectivity index (χ4n) is 2.14. The van der Waals surface area contributed by atoms with Crippen LogP contribution in [0.5, 0.6) is 5.75 Å². The smallest absolute Gasteiger partial charge is 0.191 e. The highest BCUT2D eigenvalue weighted by Crippen LogP contribution is 2.24. The molecule has 0 aliphatic heterocycles. The highest BCUT2D eigenvalue weighted by atomic mass is 79.9. The van der Waals surface area contributed by atoms with Gasteiger partial charge in [0.15, 0.2) is 11.0 Å². The van der Waals surface area contributed by atoms with Crippen molar-refractivity contribution < 1.29 is 9.13 Å². The van der Waals surface area contributed by atoms with E-state index in [0.717, 1.165) is 21.1 Å². The molecule has 0 saturated heterocycles. The van der Waals surface area contributed by atoms with E-state index >= 15 is 0 Å². The van der Waals surface area contributed by atoms with Crippen LogP contribution in [0.1, 0.15) is 0 Å². The Morgan fingerprint density at radius 3 is 2.62 bits per heavy atom. The van der Waals surface area contributed by atoms with Crippen LogP contribution in [-0.2, 0) is 7.05 Å². The summed E-state index contributed by atoms with van der Waals surface area (Å²) in [6, 6.07) is 14.3. The minimum Gasteiger partial charge on any atom is -0.493 e. The quantitative estimate of drug-likeness (QED) is 0.443. The fourth-order valence-corrected chi connectivity index (χ4v) is 3.13. The van der Waals surface area contributed by atoms with Crippen molar-refractivity contribution >= 4 is 27.7 Å². The Balaban J connectivity index is 1.59. The lowest BCUT2D eigenvalue weighted by Crippen LogP contribution is -2.02. The summed E-state index contributed by atoms with van der Waals surface area (Å²) in [7, 11) is 1.83. The molecular formula is C17H15BrFN3OS. The molecule has 0 unspecified atom stereocenters. The van der Waals surface area contributed by atoms with Gasteiger partial charge in [-0.1, -0.05) is 39.8 Å². The first-order chi connectivity index (χ1) is 11.6. The molecule has 124 valence electrons. The summed E-state index contributed by atoms with van der Waals surface area (Å²) >= 11 is 4.91. The summed E-state index contributed by atoms with van der Waals surface area (Å²) in [6.45, 7) is 0.550. The van der Waals surface area contributed by atoms with Crippen LogP contribution in [0.25, 0.3) is 11.4 Å². The Hall–Kier alpha value is -1.86. The zero-order valence-corrected chi connectivity index (χ0v) is 15.3. The molecule has 0 fully saturated rings. The predicted molar refractivity (Wildman–Crippen MR) is 96.8 cm³/mol. The monoisotopic (exact) mass is 407 g/mol. The van der Waals surface area contributed by atoms with Gasteiger partial charge >= 0.3 is 0 Å². The maximum atomic E-state index is 13.9. The van der Waals surface area contributed by atoms with Crippen LogP contribution >= 0.6 is 27.7 Å². The Morgan fingerprint density at radius 2 is 1.88 bits per heavy atom. The van der Waals surface area contributed by atoms with Crippen LogP contribution in [0.15, 0.2) is 58.2 Å². The first kappa shape index (κ1) is 17.0. The van der Waals surface area contributed by atoms with E-state index in [1.807, 2.05) is 31.3 Å². The van der Waals surface area contributed by atoms with Gasteiger partial charge in [-0.15, -0.1) is 10.2 Å². The van der Waals surface area contributed by atoms with Crippen molar-refractivity contribution in [2.75, 3.05) is 12.4 Å². The standard InChI is InChI=1S/C17H15BrFN3OS/c1-22-16(14-4-2-3-5-15(14)19)20-21-17(22)24-11-10-23-13-8-6-12(18)7-9-13/h2-9H,10-11H2,1H3. The van der Waals surface area contributed by atoms with Gasteiger partial charge in [0.1, 0.15) is 11.6 Å². The molecule has 0 bridgehead atoms. The number of rotatable bonds is 6. The highest BCUT2D eigenvalue weighted by molar-refractivity contribution is 9.10. The predicted octanol–water partition coefficient (Wildman–Crippen LogP) is 4.55. The molecule has 0 radical (unpaired) electrons. The number of benzene rings is 2. The molecule has 24 heavy (non-hydrogen) atoms. The van der Waals surface area contributed by atoms with E-state index in [4.69, 9.17) is 4.74 Å². The number of halogens is 2. The molecule has 0 aliphatic rings. The molecule has 0 amide bonds. The van der Waals surface area contributed by atoms with Gasteiger partial charge in [0.2, 0.25) is 0 Å². The van der Waals surface area contributed by atoms with Crippen LogP contribution in [0.4, 0.5) is 4.39 Å². The highest BCUT2D eigenvalue weighted by Gasteiger charge is 2.14. The normalized spacial score (nSPS) is 10.8. The van der Waals surface area contributed by atoms with Crippen LogP contribution in [0, 0.1) is 5.82 Å². The molecule has 2 aromatic carbocycles. The second-order valence-corrected chi connectivity index (χ2v) is 6.97.